The van der Waals surface area contributed by atoms with Crippen molar-refractivity contribution in [2.45, 2.75) is 26.0 Å². The van der Waals surface area contributed by atoms with Crippen molar-refractivity contribution in [2.75, 3.05) is 44.8 Å². The molecule has 0 radical (unpaired) electrons. The zero-order chi connectivity index (χ0) is 20.2. The number of anilines is 1. The lowest BCUT2D eigenvalue weighted by Crippen LogP contribution is -2.44. The number of sulfonamides is 1. The molecule has 0 spiro atoms. The molecule has 1 heterocycles. The van der Waals surface area contributed by atoms with E-state index in [1.165, 1.54) is 6.07 Å². The van der Waals surface area contributed by atoms with E-state index in [0.717, 1.165) is 12.8 Å². The van der Waals surface area contributed by atoms with Gasteiger partial charge in [-0.05, 0) is 31.0 Å². The first kappa shape index (κ1) is 21.5. The number of likely N-dealkylation sites (N-methyl/N-ethyl adjacent to an activating group) is 1. The molecule has 0 aromatic heterocycles. The van der Waals surface area contributed by atoms with Crippen molar-refractivity contribution in [1.29, 1.82) is 0 Å². The predicted molar refractivity (Wildman–Crippen MR) is 105 cm³/mol. The van der Waals surface area contributed by atoms with Crippen LogP contribution < -0.4 is 14.8 Å². The highest BCUT2D eigenvalue weighted by molar-refractivity contribution is 7.92. The maximum Gasteiger partial charge on any atom is 0.257 e. The topological polar surface area (TPSA) is 97.0 Å². The van der Waals surface area contributed by atoms with Crippen molar-refractivity contribution in [3.05, 3.63) is 23.8 Å². The maximum atomic E-state index is 13.0. The van der Waals surface area contributed by atoms with Crippen LogP contribution in [0.5, 0.6) is 5.75 Å². The molecular formula is C18H29N3O5S. The summed E-state index contributed by atoms with van der Waals surface area (Å²) in [5.74, 6) is 0.365. The molecule has 1 aliphatic heterocycles. The molecule has 3 atom stereocenters. The summed E-state index contributed by atoms with van der Waals surface area (Å²) < 4.78 is 36.9. The van der Waals surface area contributed by atoms with Gasteiger partial charge in [0.15, 0.2) is 0 Å². The van der Waals surface area contributed by atoms with Gasteiger partial charge in [-0.3, -0.25) is 9.52 Å². The Hall–Kier alpha value is -1.84. The van der Waals surface area contributed by atoms with Gasteiger partial charge >= 0.3 is 0 Å². The molecule has 1 aliphatic rings. The zero-order valence-corrected chi connectivity index (χ0v) is 17.3. The van der Waals surface area contributed by atoms with Crippen LogP contribution in [0.15, 0.2) is 18.2 Å². The first-order valence-corrected chi connectivity index (χ1v) is 10.8. The summed E-state index contributed by atoms with van der Waals surface area (Å²) in [5.41, 5.74) is 0.623. The second-order valence-electron chi connectivity index (χ2n) is 7.14. The second kappa shape index (κ2) is 8.90. The van der Waals surface area contributed by atoms with Gasteiger partial charge in [-0.1, -0.05) is 6.92 Å². The molecule has 2 N–H and O–H groups in total. The van der Waals surface area contributed by atoms with E-state index in [1.807, 2.05) is 6.92 Å². The Morgan fingerprint density at radius 1 is 1.33 bits per heavy atom. The Kier molecular flexibility index (Phi) is 7.07. The van der Waals surface area contributed by atoms with Gasteiger partial charge in [0.25, 0.3) is 5.91 Å². The van der Waals surface area contributed by atoms with E-state index in [2.05, 4.69) is 17.0 Å². The first-order valence-electron chi connectivity index (χ1n) is 8.87. The molecule has 1 amide bonds. The van der Waals surface area contributed by atoms with E-state index in [4.69, 9.17) is 9.47 Å². The Morgan fingerprint density at radius 3 is 2.67 bits per heavy atom. The van der Waals surface area contributed by atoms with Gasteiger partial charge in [0.2, 0.25) is 10.0 Å². The van der Waals surface area contributed by atoms with Crippen LogP contribution in [0, 0.1) is 5.92 Å². The van der Waals surface area contributed by atoms with Crippen LogP contribution in [0.2, 0.25) is 0 Å². The van der Waals surface area contributed by atoms with E-state index in [1.54, 1.807) is 31.2 Å². The molecule has 152 valence electrons. The molecule has 0 aliphatic carbocycles. The fourth-order valence-corrected chi connectivity index (χ4v) is 3.49. The Bertz CT molecular complexity index is 768. The molecule has 1 aromatic carbocycles. The predicted octanol–water partition coefficient (Wildman–Crippen LogP) is 1.15. The fraction of sp³-hybridized carbons (Fsp3) is 0.611. The molecular weight excluding hydrogens is 370 g/mol. The highest BCUT2D eigenvalue weighted by Gasteiger charge is 2.25. The summed E-state index contributed by atoms with van der Waals surface area (Å²) in [5, 5.41) is 3.41. The minimum Gasteiger partial charge on any atom is -0.491 e. The van der Waals surface area contributed by atoms with Crippen molar-refractivity contribution in [3.63, 3.8) is 0 Å². The smallest absolute Gasteiger partial charge is 0.257 e. The van der Waals surface area contributed by atoms with Gasteiger partial charge in [0.05, 0.1) is 17.9 Å². The minimum absolute atomic E-state index is 0.0823. The normalized spacial score (nSPS) is 25.0. The first-order chi connectivity index (χ1) is 12.6. The van der Waals surface area contributed by atoms with Crippen LogP contribution in [-0.2, 0) is 14.8 Å². The van der Waals surface area contributed by atoms with Crippen LogP contribution in [0.4, 0.5) is 5.69 Å². The van der Waals surface area contributed by atoms with E-state index in [-0.39, 0.29) is 24.0 Å². The van der Waals surface area contributed by atoms with E-state index < -0.39 is 10.0 Å². The van der Waals surface area contributed by atoms with Crippen molar-refractivity contribution in [3.8, 4) is 5.75 Å². The average molecular weight is 400 g/mol. The third kappa shape index (κ3) is 6.08. The fourth-order valence-electron chi connectivity index (χ4n) is 2.94. The lowest BCUT2D eigenvalue weighted by Gasteiger charge is -2.30. The summed E-state index contributed by atoms with van der Waals surface area (Å²) in [6.07, 6.45) is 0.939. The van der Waals surface area contributed by atoms with Gasteiger partial charge in [0.1, 0.15) is 12.4 Å². The monoisotopic (exact) mass is 399 g/mol. The third-order valence-electron chi connectivity index (χ3n) is 4.53. The van der Waals surface area contributed by atoms with Crippen LogP contribution >= 0.6 is 0 Å². The molecule has 0 fully saturated rings. The molecule has 0 bridgehead atoms. The summed E-state index contributed by atoms with van der Waals surface area (Å²) in [6.45, 7) is 5.62. The zero-order valence-electron chi connectivity index (χ0n) is 16.5. The van der Waals surface area contributed by atoms with Crippen LogP contribution in [0.1, 0.15) is 24.2 Å². The van der Waals surface area contributed by atoms with E-state index in [9.17, 15) is 13.2 Å². The maximum absolute atomic E-state index is 13.0. The summed E-state index contributed by atoms with van der Waals surface area (Å²) >= 11 is 0. The van der Waals surface area contributed by atoms with Crippen molar-refractivity contribution in [2.24, 2.45) is 5.92 Å². The van der Waals surface area contributed by atoms with Crippen molar-refractivity contribution in [1.82, 2.24) is 10.2 Å². The number of hydrogen-bond acceptors (Lipinski definition) is 6. The van der Waals surface area contributed by atoms with Crippen molar-refractivity contribution >= 4 is 21.6 Å². The Labute approximate surface area is 161 Å². The number of fused-ring (bicyclic) bond motifs is 1. The highest BCUT2D eigenvalue weighted by atomic mass is 32.2. The standard InChI is InChI=1S/C18H29N3O5S/c1-12-9-19-13(2)11-26-16-7-6-14(20-27(5,23)24)8-15(16)18(22)21(3)10-17(12)25-4/h6-8,12-13,17,19-20H,9-11H2,1-5H3/t12-,13-,17+/m1/s1. The lowest BCUT2D eigenvalue weighted by atomic mass is 10.0. The molecule has 1 aromatic rings. The van der Waals surface area contributed by atoms with Crippen LogP contribution in [0.25, 0.3) is 0 Å². The summed E-state index contributed by atoms with van der Waals surface area (Å²) in [6, 6.07) is 4.78. The number of nitrogens with one attached hydrogen (secondary N) is 2. The average Bonchev–Trinajstić information content (AvgIpc) is 2.60. The lowest BCUT2D eigenvalue weighted by molar-refractivity contribution is 0.0281. The Balaban J connectivity index is 2.40. The van der Waals surface area contributed by atoms with E-state index >= 15 is 0 Å². The van der Waals surface area contributed by atoms with E-state index in [0.29, 0.717) is 30.2 Å². The molecule has 0 saturated heterocycles. The second-order valence-corrected chi connectivity index (χ2v) is 8.89. The number of rotatable bonds is 3. The van der Waals surface area contributed by atoms with Crippen LogP contribution in [0.3, 0.4) is 0 Å². The van der Waals surface area contributed by atoms with Crippen LogP contribution in [-0.4, -0.2) is 71.5 Å². The van der Waals surface area contributed by atoms with Gasteiger partial charge in [-0.2, -0.15) is 0 Å². The number of benzene rings is 1. The quantitative estimate of drug-likeness (QED) is 0.792. The molecule has 8 nitrogen and oxygen atoms in total. The van der Waals surface area contributed by atoms with Gasteiger partial charge in [-0.25, -0.2) is 8.42 Å². The number of methoxy groups -OCH3 is 1. The number of amides is 1. The number of carbonyl (C=O) groups is 1. The number of ether oxygens (including phenoxy) is 2. The minimum atomic E-state index is -3.45. The summed E-state index contributed by atoms with van der Waals surface area (Å²) in [7, 11) is -0.113. The molecule has 0 saturated carbocycles. The molecule has 2 rings (SSSR count). The number of carbonyl (C=O) groups excluding carboxylic acids is 1. The SMILES string of the molecule is CO[C@H]1CN(C)C(=O)c2cc(NS(C)(=O)=O)ccc2OC[C@@H](C)NC[C@H]1C. The van der Waals surface area contributed by atoms with Gasteiger partial charge in [0, 0.05) is 39.0 Å². The molecule has 9 heteroatoms. The van der Waals surface area contributed by atoms with Gasteiger partial charge in [-0.15, -0.1) is 0 Å². The third-order valence-corrected chi connectivity index (χ3v) is 5.13. The summed E-state index contributed by atoms with van der Waals surface area (Å²) in [4.78, 5) is 14.6. The largest absolute Gasteiger partial charge is 0.491 e. The Morgan fingerprint density at radius 2 is 2.04 bits per heavy atom. The number of hydrogen-bond donors (Lipinski definition) is 2. The molecule has 27 heavy (non-hydrogen) atoms. The number of nitrogens with zero attached hydrogens (tertiary/aromatic N) is 1. The van der Waals surface area contributed by atoms with Crippen molar-refractivity contribution < 1.29 is 22.7 Å². The highest BCUT2D eigenvalue weighted by Crippen LogP contribution is 2.26. The molecule has 0 unspecified atom stereocenters. The van der Waals surface area contributed by atoms with Gasteiger partial charge < -0.3 is 19.7 Å².